The van der Waals surface area contributed by atoms with Crippen LogP contribution in [0.5, 0.6) is 5.75 Å². The maximum absolute atomic E-state index is 13.7. The summed E-state index contributed by atoms with van der Waals surface area (Å²) in [5, 5.41) is 1.22. The number of benzene rings is 3. The number of pyridine rings is 1. The molecule has 1 fully saturated rings. The van der Waals surface area contributed by atoms with Crippen molar-refractivity contribution >= 4 is 22.4 Å². The molecule has 178 valence electrons. The normalized spacial score (nSPS) is 13.8. The minimum Gasteiger partial charge on any atom is -0.497 e. The van der Waals surface area contributed by atoms with Gasteiger partial charge in [-0.2, -0.15) is 0 Å². The number of piperazine rings is 1. The van der Waals surface area contributed by atoms with Gasteiger partial charge in [-0.1, -0.05) is 30.3 Å². The van der Waals surface area contributed by atoms with Crippen molar-refractivity contribution in [1.82, 2.24) is 9.47 Å². The van der Waals surface area contributed by atoms with Crippen molar-refractivity contribution in [2.24, 2.45) is 0 Å². The molecule has 3 aromatic carbocycles. The molecular weight excluding hydrogens is 438 g/mol. The van der Waals surface area contributed by atoms with Crippen LogP contribution in [-0.2, 0) is 0 Å². The van der Waals surface area contributed by atoms with E-state index < -0.39 is 0 Å². The fourth-order valence-corrected chi connectivity index (χ4v) is 4.80. The van der Waals surface area contributed by atoms with Crippen molar-refractivity contribution in [3.8, 4) is 11.4 Å². The Morgan fingerprint density at radius 1 is 0.829 bits per heavy atom. The lowest BCUT2D eigenvalue weighted by atomic mass is 10.0. The molecule has 4 aromatic rings. The molecule has 0 unspecified atom stereocenters. The Balaban J connectivity index is 1.47. The summed E-state index contributed by atoms with van der Waals surface area (Å²) in [6.07, 6.45) is 1.69. The molecule has 0 spiro atoms. The second-order valence-corrected chi connectivity index (χ2v) is 8.96. The number of carbonyl (C=O) groups excluding carboxylic acids is 1. The third-order valence-electron chi connectivity index (χ3n) is 6.99. The van der Waals surface area contributed by atoms with Crippen molar-refractivity contribution in [3.63, 3.8) is 0 Å². The summed E-state index contributed by atoms with van der Waals surface area (Å²) < 4.78 is 6.81. The molecule has 1 aliphatic heterocycles. The molecule has 5 rings (SSSR count). The van der Waals surface area contributed by atoms with Gasteiger partial charge in [0.2, 0.25) is 0 Å². The van der Waals surface area contributed by atoms with Crippen LogP contribution in [0.25, 0.3) is 16.5 Å². The maximum Gasteiger partial charge on any atom is 0.262 e. The topological polar surface area (TPSA) is 54.8 Å². The van der Waals surface area contributed by atoms with E-state index in [9.17, 15) is 9.59 Å². The summed E-state index contributed by atoms with van der Waals surface area (Å²) in [4.78, 5) is 31.3. The van der Waals surface area contributed by atoms with Crippen LogP contribution in [0.2, 0.25) is 0 Å². The Bertz CT molecular complexity index is 1450. The molecule has 0 radical (unpaired) electrons. The third kappa shape index (κ3) is 4.16. The molecule has 0 N–H and O–H groups in total. The molecule has 0 bridgehead atoms. The first-order valence-electron chi connectivity index (χ1n) is 11.9. The highest BCUT2D eigenvalue weighted by molar-refractivity contribution is 6.06. The summed E-state index contributed by atoms with van der Waals surface area (Å²) in [6.45, 7) is 7.07. The molecule has 1 saturated heterocycles. The van der Waals surface area contributed by atoms with E-state index in [0.29, 0.717) is 40.9 Å². The highest BCUT2D eigenvalue weighted by Crippen LogP contribution is 2.25. The van der Waals surface area contributed by atoms with Gasteiger partial charge >= 0.3 is 0 Å². The van der Waals surface area contributed by atoms with Crippen molar-refractivity contribution in [2.75, 3.05) is 38.2 Å². The number of amides is 1. The number of nitrogens with zero attached hydrogens (tertiary/aromatic N) is 3. The Hall–Kier alpha value is -4.06. The van der Waals surface area contributed by atoms with Crippen LogP contribution in [0.4, 0.5) is 5.69 Å². The molecular formula is C29H29N3O3. The summed E-state index contributed by atoms with van der Waals surface area (Å²) in [7, 11) is 1.61. The lowest BCUT2D eigenvalue weighted by molar-refractivity contribution is 0.0748. The maximum atomic E-state index is 13.7. The summed E-state index contributed by atoms with van der Waals surface area (Å²) in [5.74, 6) is 0.657. The smallest absolute Gasteiger partial charge is 0.262 e. The monoisotopic (exact) mass is 467 g/mol. The van der Waals surface area contributed by atoms with Gasteiger partial charge in [-0.25, -0.2) is 0 Å². The second-order valence-electron chi connectivity index (χ2n) is 8.96. The number of carbonyl (C=O) groups is 1. The Morgan fingerprint density at radius 3 is 2.20 bits per heavy atom. The number of rotatable bonds is 4. The van der Waals surface area contributed by atoms with Gasteiger partial charge < -0.3 is 14.5 Å². The zero-order chi connectivity index (χ0) is 24.5. The minimum atomic E-state index is -0.151. The molecule has 0 saturated carbocycles. The third-order valence-corrected chi connectivity index (χ3v) is 6.99. The molecule has 35 heavy (non-hydrogen) atoms. The Kier molecular flexibility index (Phi) is 6.03. The SMILES string of the molecule is COc1ccc(-n2cc(C(=O)N3CCN(c4cccc(C)c4C)CC3)c3ccccc3c2=O)cc1. The van der Waals surface area contributed by atoms with Crippen molar-refractivity contribution in [2.45, 2.75) is 13.8 Å². The average molecular weight is 468 g/mol. The standard InChI is InChI=1S/C29H29N3O3/c1-20-7-6-10-27(21(20)2)30-15-17-31(18-16-30)28(33)26-19-32(22-11-13-23(35-3)14-12-22)29(34)25-9-5-4-8-24(25)26/h4-14,19H,15-18H2,1-3H3. The van der Waals surface area contributed by atoms with Gasteiger partial charge in [0.1, 0.15) is 5.75 Å². The van der Waals surface area contributed by atoms with Crippen LogP contribution in [0, 0.1) is 13.8 Å². The van der Waals surface area contributed by atoms with Crippen LogP contribution < -0.4 is 15.2 Å². The first-order chi connectivity index (χ1) is 17.0. The number of hydrogen-bond acceptors (Lipinski definition) is 4. The van der Waals surface area contributed by atoms with Gasteiger partial charge in [-0.15, -0.1) is 0 Å². The highest BCUT2D eigenvalue weighted by Gasteiger charge is 2.25. The van der Waals surface area contributed by atoms with E-state index in [1.165, 1.54) is 16.8 Å². The highest BCUT2D eigenvalue weighted by atomic mass is 16.5. The summed E-state index contributed by atoms with van der Waals surface area (Å²) >= 11 is 0. The molecule has 1 aliphatic rings. The predicted octanol–water partition coefficient (Wildman–Crippen LogP) is 4.58. The Morgan fingerprint density at radius 2 is 1.51 bits per heavy atom. The van der Waals surface area contributed by atoms with E-state index in [1.54, 1.807) is 23.9 Å². The van der Waals surface area contributed by atoms with Crippen molar-refractivity contribution in [3.05, 3.63) is 100.0 Å². The fourth-order valence-electron chi connectivity index (χ4n) is 4.80. The molecule has 2 heterocycles. The van der Waals surface area contributed by atoms with Crippen LogP contribution >= 0.6 is 0 Å². The zero-order valence-electron chi connectivity index (χ0n) is 20.3. The van der Waals surface area contributed by atoms with Gasteiger partial charge in [-0.05, 0) is 61.4 Å². The van der Waals surface area contributed by atoms with Crippen molar-refractivity contribution in [1.29, 1.82) is 0 Å². The van der Waals surface area contributed by atoms with Gasteiger partial charge in [0.15, 0.2) is 0 Å². The molecule has 6 nitrogen and oxygen atoms in total. The molecule has 6 heteroatoms. The molecule has 0 aliphatic carbocycles. The first kappa shape index (κ1) is 22.7. The van der Waals surface area contributed by atoms with Gasteiger partial charge in [0.25, 0.3) is 11.5 Å². The summed E-state index contributed by atoms with van der Waals surface area (Å²) in [5.41, 5.74) is 4.86. The Labute approximate surface area is 205 Å². The number of aromatic nitrogens is 1. The molecule has 1 aromatic heterocycles. The molecule has 0 atom stereocenters. The fraction of sp³-hybridized carbons (Fsp3) is 0.241. The molecule has 1 amide bonds. The van der Waals surface area contributed by atoms with Crippen LogP contribution in [0.1, 0.15) is 21.5 Å². The number of anilines is 1. The summed E-state index contributed by atoms with van der Waals surface area (Å²) in [6, 6.07) is 21.0. The van der Waals surface area contributed by atoms with Crippen LogP contribution in [0.3, 0.4) is 0 Å². The van der Waals surface area contributed by atoms with E-state index in [0.717, 1.165) is 13.1 Å². The van der Waals surface area contributed by atoms with E-state index in [2.05, 4.69) is 36.9 Å². The number of aryl methyl sites for hydroxylation is 1. The average Bonchev–Trinajstić information content (AvgIpc) is 2.90. The van der Waals surface area contributed by atoms with E-state index >= 15 is 0 Å². The zero-order valence-corrected chi connectivity index (χ0v) is 20.3. The van der Waals surface area contributed by atoms with Crippen LogP contribution in [-0.4, -0.2) is 48.7 Å². The first-order valence-corrected chi connectivity index (χ1v) is 11.9. The number of ether oxygens (including phenoxy) is 1. The van der Waals surface area contributed by atoms with Crippen LogP contribution in [0.15, 0.2) is 77.7 Å². The van der Waals surface area contributed by atoms with E-state index in [-0.39, 0.29) is 11.5 Å². The number of fused-ring (bicyclic) bond motifs is 1. The minimum absolute atomic E-state index is 0.0518. The predicted molar refractivity (Wildman–Crippen MR) is 140 cm³/mol. The lowest BCUT2D eigenvalue weighted by Crippen LogP contribution is -2.49. The van der Waals surface area contributed by atoms with Gasteiger partial charge in [-0.3, -0.25) is 14.2 Å². The van der Waals surface area contributed by atoms with Gasteiger partial charge in [0.05, 0.1) is 12.7 Å². The van der Waals surface area contributed by atoms with E-state index in [4.69, 9.17) is 4.74 Å². The number of hydrogen-bond donors (Lipinski definition) is 0. The van der Waals surface area contributed by atoms with Gasteiger partial charge in [0, 0.05) is 54.5 Å². The largest absolute Gasteiger partial charge is 0.497 e. The number of methoxy groups -OCH3 is 1. The van der Waals surface area contributed by atoms with Crippen molar-refractivity contribution < 1.29 is 9.53 Å². The van der Waals surface area contributed by atoms with E-state index in [1.807, 2.05) is 47.4 Å². The quantitative estimate of drug-likeness (QED) is 0.441. The second kappa shape index (κ2) is 9.29. The lowest BCUT2D eigenvalue weighted by Gasteiger charge is -2.37.